The molecule has 1 aromatic heterocycles. The Morgan fingerprint density at radius 2 is 1.43 bits per heavy atom. The van der Waals surface area contributed by atoms with Gasteiger partial charge in [0.15, 0.2) is 0 Å². The molecule has 30 heavy (non-hydrogen) atoms. The van der Waals surface area contributed by atoms with Crippen LogP contribution in [0.15, 0.2) is 48.5 Å². The Morgan fingerprint density at radius 3 is 1.87 bits per heavy atom. The molecule has 0 radical (unpaired) electrons. The van der Waals surface area contributed by atoms with Crippen LogP contribution >= 0.6 is 0 Å². The van der Waals surface area contributed by atoms with E-state index in [9.17, 15) is 9.59 Å². The van der Waals surface area contributed by atoms with Crippen molar-refractivity contribution in [3.8, 4) is 11.5 Å². The highest BCUT2D eigenvalue weighted by Crippen LogP contribution is 2.21. The molecule has 2 aromatic carbocycles. The Hall–Kier alpha value is -3.75. The predicted molar refractivity (Wildman–Crippen MR) is 110 cm³/mol. The van der Waals surface area contributed by atoms with Gasteiger partial charge < -0.3 is 9.47 Å². The molecule has 0 spiro atoms. The van der Waals surface area contributed by atoms with E-state index in [-0.39, 0.29) is 17.1 Å². The third-order valence-electron chi connectivity index (χ3n) is 4.12. The largest absolute Gasteiger partial charge is 0.494 e. The van der Waals surface area contributed by atoms with Gasteiger partial charge in [-0.25, -0.2) is 4.90 Å². The highest BCUT2D eigenvalue weighted by atomic mass is 16.5. The lowest BCUT2D eigenvalue weighted by Gasteiger charge is -2.18. The lowest BCUT2D eigenvalue weighted by molar-refractivity contribution is 0.0894. The molecule has 9 nitrogen and oxygen atoms in total. The first-order valence-electron chi connectivity index (χ1n) is 9.69. The van der Waals surface area contributed by atoms with Crippen LogP contribution in [-0.4, -0.2) is 45.2 Å². The Bertz CT molecular complexity index is 972. The molecule has 9 heteroatoms. The van der Waals surface area contributed by atoms with Crippen molar-refractivity contribution in [1.29, 1.82) is 0 Å². The van der Waals surface area contributed by atoms with E-state index in [0.29, 0.717) is 31.3 Å². The van der Waals surface area contributed by atoms with Crippen molar-refractivity contribution < 1.29 is 19.1 Å². The highest BCUT2D eigenvalue weighted by Gasteiger charge is 2.30. The van der Waals surface area contributed by atoms with Crippen LogP contribution in [0.4, 0.5) is 5.95 Å². The number of rotatable bonds is 8. The fraction of sp³-hybridized carbons (Fsp3) is 0.286. The number of ether oxygens (including phenoxy) is 2. The average Bonchev–Trinajstić information content (AvgIpc) is 3.23. The molecule has 0 aliphatic rings. The molecule has 0 atom stereocenters. The molecule has 0 fully saturated rings. The smallest absolute Gasteiger partial charge is 0.280 e. The van der Waals surface area contributed by atoms with Crippen molar-refractivity contribution in [2.75, 3.05) is 18.1 Å². The van der Waals surface area contributed by atoms with Gasteiger partial charge in [0.05, 0.1) is 19.8 Å². The van der Waals surface area contributed by atoms with Gasteiger partial charge >= 0.3 is 0 Å². The van der Waals surface area contributed by atoms with Crippen molar-refractivity contribution in [3.63, 3.8) is 0 Å². The van der Waals surface area contributed by atoms with Gasteiger partial charge in [-0.1, -0.05) is 17.2 Å². The van der Waals surface area contributed by atoms with Crippen molar-refractivity contribution in [3.05, 3.63) is 59.7 Å². The molecule has 0 N–H and O–H groups in total. The minimum atomic E-state index is -0.584. The lowest BCUT2D eigenvalue weighted by atomic mass is 10.1. The second-order valence-corrected chi connectivity index (χ2v) is 6.15. The maximum Gasteiger partial charge on any atom is 0.280 e. The minimum absolute atomic E-state index is 0.101. The molecule has 3 aromatic rings. The van der Waals surface area contributed by atoms with E-state index in [4.69, 9.17) is 9.47 Å². The molecule has 0 aliphatic heterocycles. The summed E-state index contributed by atoms with van der Waals surface area (Å²) in [5.74, 6) is -0.216. The molecular weight excluding hydrogens is 386 g/mol. The van der Waals surface area contributed by atoms with Gasteiger partial charge in [-0.2, -0.15) is 4.80 Å². The fourth-order valence-electron chi connectivity index (χ4n) is 2.76. The molecule has 0 aliphatic carbocycles. The number of carbonyl (C=O) groups excluding carboxylic acids is 2. The number of nitrogens with zero attached hydrogens (tertiary/aromatic N) is 5. The minimum Gasteiger partial charge on any atom is -0.494 e. The number of imide groups is 1. The van der Waals surface area contributed by atoms with Crippen LogP contribution in [-0.2, 0) is 6.54 Å². The number of benzene rings is 2. The summed E-state index contributed by atoms with van der Waals surface area (Å²) in [5.41, 5.74) is 0.534. The van der Waals surface area contributed by atoms with E-state index >= 15 is 0 Å². The number of hydrogen-bond donors (Lipinski definition) is 0. The maximum atomic E-state index is 13.3. The summed E-state index contributed by atoms with van der Waals surface area (Å²) in [6, 6.07) is 13.2. The highest BCUT2D eigenvalue weighted by molar-refractivity contribution is 6.25. The Kier molecular flexibility index (Phi) is 6.74. The SMILES string of the molecule is CCOc1cccc(C(=O)N(C(=O)c2cccc(OCC)c2)c2nnn(CC)n2)c1. The van der Waals surface area contributed by atoms with E-state index in [1.165, 1.54) is 4.80 Å². The van der Waals surface area contributed by atoms with Gasteiger partial charge in [0, 0.05) is 11.1 Å². The van der Waals surface area contributed by atoms with Crippen LogP contribution in [0.3, 0.4) is 0 Å². The molecule has 0 unspecified atom stereocenters. The molecule has 0 bridgehead atoms. The van der Waals surface area contributed by atoms with Crippen LogP contribution in [0.2, 0.25) is 0 Å². The number of tetrazole rings is 1. The predicted octanol–water partition coefficient (Wildman–Crippen LogP) is 2.98. The third kappa shape index (κ3) is 4.62. The van der Waals surface area contributed by atoms with Crippen LogP contribution in [0.25, 0.3) is 0 Å². The zero-order valence-electron chi connectivity index (χ0n) is 17.1. The molecule has 2 amide bonds. The number of aryl methyl sites for hydroxylation is 1. The number of amides is 2. The standard InChI is InChI=1S/C21H23N5O4/c1-4-25-23-21(22-24-25)26(19(27)15-9-7-11-17(13-15)29-5-2)20(28)16-10-8-12-18(14-16)30-6-3/h7-14H,4-6H2,1-3H3. The van der Waals surface area contributed by atoms with Crippen molar-refractivity contribution >= 4 is 17.8 Å². The van der Waals surface area contributed by atoms with Gasteiger partial charge in [-0.15, -0.1) is 5.10 Å². The van der Waals surface area contributed by atoms with Gasteiger partial charge in [0.2, 0.25) is 0 Å². The quantitative estimate of drug-likeness (QED) is 0.527. The molecule has 0 saturated heterocycles. The molecule has 156 valence electrons. The summed E-state index contributed by atoms with van der Waals surface area (Å²) in [4.78, 5) is 28.9. The van der Waals surface area contributed by atoms with Crippen LogP contribution in [0.5, 0.6) is 11.5 Å². The van der Waals surface area contributed by atoms with E-state index in [0.717, 1.165) is 4.90 Å². The van der Waals surface area contributed by atoms with E-state index in [1.54, 1.807) is 48.5 Å². The second kappa shape index (κ2) is 9.64. The average molecular weight is 409 g/mol. The molecule has 3 rings (SSSR count). The normalized spacial score (nSPS) is 10.5. The zero-order chi connectivity index (χ0) is 21.5. The third-order valence-corrected chi connectivity index (χ3v) is 4.12. The molecule has 1 heterocycles. The van der Waals surface area contributed by atoms with Crippen molar-refractivity contribution in [2.24, 2.45) is 0 Å². The summed E-state index contributed by atoms with van der Waals surface area (Å²) in [6.07, 6.45) is 0. The van der Waals surface area contributed by atoms with Gasteiger partial charge in [0.1, 0.15) is 11.5 Å². The lowest BCUT2D eigenvalue weighted by Crippen LogP contribution is -2.38. The fourth-order valence-corrected chi connectivity index (χ4v) is 2.76. The summed E-state index contributed by atoms with van der Waals surface area (Å²) < 4.78 is 10.9. The first-order chi connectivity index (χ1) is 14.6. The van der Waals surface area contributed by atoms with E-state index in [1.807, 2.05) is 20.8 Å². The van der Waals surface area contributed by atoms with Crippen LogP contribution in [0.1, 0.15) is 41.5 Å². The number of hydrogen-bond acceptors (Lipinski definition) is 7. The van der Waals surface area contributed by atoms with Crippen LogP contribution in [0, 0.1) is 0 Å². The molecule has 0 saturated carbocycles. The summed E-state index contributed by atoms with van der Waals surface area (Å²) >= 11 is 0. The van der Waals surface area contributed by atoms with Crippen LogP contribution < -0.4 is 14.4 Å². The van der Waals surface area contributed by atoms with E-state index < -0.39 is 11.8 Å². The van der Waals surface area contributed by atoms with Crippen molar-refractivity contribution in [1.82, 2.24) is 20.2 Å². The Balaban J connectivity index is 2.02. The Labute approximate surface area is 174 Å². The number of anilines is 1. The van der Waals surface area contributed by atoms with Gasteiger partial charge in [0.25, 0.3) is 17.8 Å². The number of carbonyl (C=O) groups is 2. The van der Waals surface area contributed by atoms with Crippen molar-refractivity contribution in [2.45, 2.75) is 27.3 Å². The monoisotopic (exact) mass is 409 g/mol. The van der Waals surface area contributed by atoms with E-state index in [2.05, 4.69) is 15.4 Å². The van der Waals surface area contributed by atoms with Gasteiger partial charge in [-0.05, 0) is 62.4 Å². The maximum absolute atomic E-state index is 13.3. The summed E-state index contributed by atoms with van der Waals surface area (Å²) in [7, 11) is 0. The second-order valence-electron chi connectivity index (χ2n) is 6.15. The first kappa shape index (κ1) is 21.0. The number of aromatic nitrogens is 4. The summed E-state index contributed by atoms with van der Waals surface area (Å²) in [5, 5.41) is 11.9. The topological polar surface area (TPSA) is 99.4 Å². The zero-order valence-corrected chi connectivity index (χ0v) is 17.1. The Morgan fingerprint density at radius 1 is 0.900 bits per heavy atom. The molecular formula is C21H23N5O4. The first-order valence-corrected chi connectivity index (χ1v) is 9.69. The van der Waals surface area contributed by atoms with Gasteiger partial charge in [-0.3, -0.25) is 9.59 Å². The summed E-state index contributed by atoms with van der Waals surface area (Å²) in [6.45, 7) is 6.89.